The van der Waals surface area contributed by atoms with Crippen molar-refractivity contribution < 1.29 is 18.7 Å². The van der Waals surface area contributed by atoms with Crippen LogP contribution in [0.1, 0.15) is 42.4 Å². The quantitative estimate of drug-likeness (QED) is 0.876. The van der Waals surface area contributed by atoms with E-state index in [0.29, 0.717) is 18.8 Å². The zero-order valence-electron chi connectivity index (χ0n) is 15.9. The molecule has 2 heterocycles. The molecule has 0 atom stereocenters. The third-order valence-electron chi connectivity index (χ3n) is 4.17. The smallest absolute Gasteiger partial charge is 0.410 e. The fraction of sp³-hybridized carbons (Fsp3) is 0.421. The van der Waals surface area contributed by atoms with Crippen molar-refractivity contribution in [2.24, 2.45) is 7.05 Å². The molecule has 1 aromatic heterocycles. The van der Waals surface area contributed by atoms with E-state index in [4.69, 9.17) is 4.74 Å². The molecule has 0 radical (unpaired) electrons. The molecule has 1 aliphatic heterocycles. The van der Waals surface area contributed by atoms with Crippen molar-refractivity contribution in [1.82, 2.24) is 14.7 Å². The Bertz CT molecular complexity index is 886. The molecule has 0 bridgehead atoms. The predicted molar refractivity (Wildman–Crippen MR) is 97.9 cm³/mol. The number of hydrogen-bond acceptors (Lipinski definition) is 4. The molecule has 7 nitrogen and oxygen atoms in total. The lowest BCUT2D eigenvalue weighted by Crippen LogP contribution is -2.40. The molecule has 144 valence electrons. The summed E-state index contributed by atoms with van der Waals surface area (Å²) < 4.78 is 20.4. The lowest BCUT2D eigenvalue weighted by molar-refractivity contribution is 0.0224. The Hall–Kier alpha value is -2.90. The maximum atomic E-state index is 13.4. The third-order valence-corrected chi connectivity index (χ3v) is 4.17. The van der Waals surface area contributed by atoms with Gasteiger partial charge in [-0.15, -0.1) is 0 Å². The van der Waals surface area contributed by atoms with Crippen LogP contribution in [0.5, 0.6) is 0 Å². The molecule has 0 fully saturated rings. The van der Waals surface area contributed by atoms with Crippen molar-refractivity contribution in [2.45, 2.75) is 39.3 Å². The molecule has 8 heteroatoms. The first-order valence-electron chi connectivity index (χ1n) is 8.73. The molecule has 27 heavy (non-hydrogen) atoms. The Kier molecular flexibility index (Phi) is 4.91. The van der Waals surface area contributed by atoms with Crippen molar-refractivity contribution >= 4 is 17.8 Å². The Morgan fingerprint density at radius 3 is 2.70 bits per heavy atom. The van der Waals surface area contributed by atoms with E-state index in [-0.39, 0.29) is 12.1 Å². The number of carbonyl (C=O) groups excluding carboxylic acids is 2. The fourth-order valence-corrected chi connectivity index (χ4v) is 2.95. The molecule has 0 saturated carbocycles. The van der Waals surface area contributed by atoms with Gasteiger partial charge in [0.15, 0.2) is 0 Å². The molecule has 0 saturated heterocycles. The van der Waals surface area contributed by atoms with Gasteiger partial charge < -0.3 is 15.0 Å². The number of halogens is 1. The predicted octanol–water partition coefficient (Wildman–Crippen LogP) is 3.10. The van der Waals surface area contributed by atoms with Crippen molar-refractivity contribution in [3.63, 3.8) is 0 Å². The highest BCUT2D eigenvalue weighted by Gasteiger charge is 2.30. The highest BCUT2D eigenvalue weighted by molar-refractivity contribution is 6.04. The topological polar surface area (TPSA) is 76.5 Å². The van der Waals surface area contributed by atoms with Crippen LogP contribution in [0.2, 0.25) is 0 Å². The number of anilines is 1. The van der Waals surface area contributed by atoms with Crippen molar-refractivity contribution in [3.8, 4) is 0 Å². The highest BCUT2D eigenvalue weighted by Crippen LogP contribution is 2.27. The Morgan fingerprint density at radius 1 is 1.30 bits per heavy atom. The summed E-state index contributed by atoms with van der Waals surface area (Å²) >= 11 is 0. The first-order valence-corrected chi connectivity index (χ1v) is 8.73. The lowest BCUT2D eigenvalue weighted by Gasteiger charge is -2.29. The maximum absolute atomic E-state index is 13.4. The number of rotatable bonds is 2. The van der Waals surface area contributed by atoms with Gasteiger partial charge in [-0.2, -0.15) is 5.10 Å². The Labute approximate surface area is 157 Å². The number of carbonyl (C=O) groups is 2. The summed E-state index contributed by atoms with van der Waals surface area (Å²) in [5.41, 5.74) is 1.22. The van der Waals surface area contributed by atoms with Gasteiger partial charge >= 0.3 is 6.09 Å². The van der Waals surface area contributed by atoms with E-state index < -0.39 is 23.4 Å². The van der Waals surface area contributed by atoms with E-state index >= 15 is 0 Å². The summed E-state index contributed by atoms with van der Waals surface area (Å²) in [5.74, 6) is -0.423. The first-order chi connectivity index (χ1) is 12.6. The van der Waals surface area contributed by atoms with Crippen LogP contribution in [0.25, 0.3) is 0 Å². The summed E-state index contributed by atoms with van der Waals surface area (Å²) in [6.45, 7) is 6.23. The number of benzene rings is 1. The number of aromatic nitrogens is 2. The molecule has 3 rings (SSSR count). The van der Waals surface area contributed by atoms with Crippen LogP contribution < -0.4 is 5.32 Å². The van der Waals surface area contributed by atoms with Crippen molar-refractivity contribution in [1.29, 1.82) is 0 Å². The van der Waals surface area contributed by atoms with E-state index in [1.165, 1.54) is 24.3 Å². The van der Waals surface area contributed by atoms with Gasteiger partial charge in [0, 0.05) is 31.1 Å². The van der Waals surface area contributed by atoms with Crippen LogP contribution in [0.15, 0.2) is 24.3 Å². The lowest BCUT2D eigenvalue weighted by atomic mass is 10.1. The SMILES string of the molecule is Cn1nc2c(c1NC(=O)c1cccc(F)c1)CN(C(=O)OC(C)(C)C)CC2. The van der Waals surface area contributed by atoms with Gasteiger partial charge in [0.05, 0.1) is 12.2 Å². The molecule has 1 aliphatic rings. The monoisotopic (exact) mass is 374 g/mol. The minimum Gasteiger partial charge on any atom is -0.444 e. The van der Waals surface area contributed by atoms with Gasteiger partial charge in [0.25, 0.3) is 5.91 Å². The van der Waals surface area contributed by atoms with Gasteiger partial charge in [0.2, 0.25) is 0 Å². The van der Waals surface area contributed by atoms with Crippen LogP contribution in [0.4, 0.5) is 15.0 Å². The zero-order chi connectivity index (χ0) is 19.8. The second-order valence-corrected chi connectivity index (χ2v) is 7.51. The highest BCUT2D eigenvalue weighted by atomic mass is 19.1. The number of hydrogen-bond donors (Lipinski definition) is 1. The van der Waals surface area contributed by atoms with Gasteiger partial charge in [-0.05, 0) is 39.0 Å². The van der Waals surface area contributed by atoms with Crippen LogP contribution in [-0.4, -0.2) is 38.8 Å². The molecular formula is C19H23FN4O3. The molecule has 2 aromatic rings. The minimum atomic E-state index is -0.583. The second-order valence-electron chi connectivity index (χ2n) is 7.51. The molecule has 2 amide bonds. The number of aryl methyl sites for hydroxylation is 1. The summed E-state index contributed by atoms with van der Waals surface area (Å²) in [6.07, 6.45) is 0.164. The van der Waals surface area contributed by atoms with E-state index in [2.05, 4.69) is 10.4 Å². The standard InChI is InChI=1S/C19H23FN4O3/c1-19(2,3)27-18(26)24-9-8-15-14(11-24)16(23(4)22-15)21-17(25)12-6-5-7-13(20)10-12/h5-7,10H,8-9,11H2,1-4H3,(H,21,25). The molecule has 0 unspecified atom stereocenters. The largest absolute Gasteiger partial charge is 0.444 e. The summed E-state index contributed by atoms with van der Waals surface area (Å²) in [4.78, 5) is 26.4. The van der Waals surface area contributed by atoms with Gasteiger partial charge in [-0.25, -0.2) is 9.18 Å². The number of fused-ring (bicyclic) bond motifs is 1. The second kappa shape index (κ2) is 7.02. The van der Waals surface area contributed by atoms with Gasteiger partial charge in [-0.3, -0.25) is 9.48 Å². The van der Waals surface area contributed by atoms with Gasteiger partial charge in [-0.1, -0.05) is 6.07 Å². The van der Waals surface area contributed by atoms with Crippen LogP contribution in [0, 0.1) is 5.82 Å². The normalized spacial score (nSPS) is 13.9. The zero-order valence-corrected chi connectivity index (χ0v) is 15.9. The molecule has 1 aromatic carbocycles. The fourth-order valence-electron chi connectivity index (χ4n) is 2.95. The molecule has 1 N–H and O–H groups in total. The number of amides is 2. The van der Waals surface area contributed by atoms with Crippen LogP contribution >= 0.6 is 0 Å². The van der Waals surface area contributed by atoms with E-state index in [1.807, 2.05) is 20.8 Å². The van der Waals surface area contributed by atoms with Crippen LogP contribution in [0.3, 0.4) is 0 Å². The average Bonchev–Trinajstić information content (AvgIpc) is 2.88. The van der Waals surface area contributed by atoms with Crippen molar-refractivity contribution in [3.05, 3.63) is 46.9 Å². The van der Waals surface area contributed by atoms with E-state index in [9.17, 15) is 14.0 Å². The Morgan fingerprint density at radius 2 is 2.04 bits per heavy atom. The Balaban J connectivity index is 1.81. The average molecular weight is 374 g/mol. The first kappa shape index (κ1) is 18.9. The molecule has 0 aliphatic carbocycles. The van der Waals surface area contributed by atoms with Gasteiger partial charge in [0.1, 0.15) is 17.2 Å². The number of ether oxygens (including phenoxy) is 1. The third kappa shape index (κ3) is 4.27. The number of nitrogens with zero attached hydrogens (tertiary/aromatic N) is 3. The number of nitrogens with one attached hydrogen (secondary N) is 1. The summed E-state index contributed by atoms with van der Waals surface area (Å²) in [7, 11) is 1.72. The molecular weight excluding hydrogens is 351 g/mol. The van der Waals surface area contributed by atoms with Crippen molar-refractivity contribution in [2.75, 3.05) is 11.9 Å². The minimum absolute atomic E-state index is 0.213. The van der Waals surface area contributed by atoms with Crippen LogP contribution in [-0.2, 0) is 24.8 Å². The van der Waals surface area contributed by atoms with E-state index in [0.717, 1.165) is 11.3 Å². The maximum Gasteiger partial charge on any atom is 0.410 e. The molecule has 0 spiro atoms. The summed E-state index contributed by atoms with van der Waals surface area (Å²) in [5, 5.41) is 7.22. The summed E-state index contributed by atoms with van der Waals surface area (Å²) in [6, 6.07) is 5.47. The van der Waals surface area contributed by atoms with E-state index in [1.54, 1.807) is 16.6 Å².